The zero-order chi connectivity index (χ0) is 28.7. The highest BCUT2D eigenvalue weighted by atomic mass is 35.5. The summed E-state index contributed by atoms with van der Waals surface area (Å²) < 4.78 is 73.9. The molecule has 1 amide bonds. The van der Waals surface area contributed by atoms with Crippen molar-refractivity contribution in [2.24, 2.45) is 11.8 Å². The van der Waals surface area contributed by atoms with Crippen LogP contribution in [0.1, 0.15) is 41.6 Å². The summed E-state index contributed by atoms with van der Waals surface area (Å²) in [4.78, 5) is 16.5. The number of carbonyl (C=O) groups is 1. The van der Waals surface area contributed by atoms with Gasteiger partial charge in [-0.1, -0.05) is 11.6 Å². The van der Waals surface area contributed by atoms with E-state index >= 15 is 0 Å². The van der Waals surface area contributed by atoms with Gasteiger partial charge in [0, 0.05) is 35.8 Å². The normalized spacial score (nSPS) is 24.2. The van der Waals surface area contributed by atoms with Gasteiger partial charge in [-0.25, -0.2) is 21.6 Å². The topological polar surface area (TPSA) is 106 Å². The molecule has 0 spiro atoms. The van der Waals surface area contributed by atoms with Gasteiger partial charge >= 0.3 is 0 Å². The van der Waals surface area contributed by atoms with Crippen LogP contribution in [-0.4, -0.2) is 41.9 Å². The molecule has 2 aliphatic rings. The summed E-state index contributed by atoms with van der Waals surface area (Å²) in [5, 5.41) is 12.6. The van der Waals surface area contributed by atoms with E-state index in [0.717, 1.165) is 11.6 Å². The van der Waals surface area contributed by atoms with E-state index in [1.54, 1.807) is 12.4 Å². The van der Waals surface area contributed by atoms with Crippen molar-refractivity contribution in [1.82, 2.24) is 4.98 Å². The van der Waals surface area contributed by atoms with Crippen LogP contribution in [0.4, 0.5) is 18.9 Å². The van der Waals surface area contributed by atoms with Gasteiger partial charge in [-0.15, -0.1) is 0 Å². The largest absolute Gasteiger partial charge is 0.387 e. The third-order valence-corrected chi connectivity index (χ3v) is 10.5. The minimum Gasteiger partial charge on any atom is -0.387 e. The average molecular weight is 595 g/mol. The molecule has 12 heteroatoms. The lowest BCUT2D eigenvalue weighted by Crippen LogP contribution is -2.48. The molecule has 5 rings (SSSR count). The number of ether oxygens (including phenoxy) is 1. The third kappa shape index (κ3) is 5.74. The van der Waals surface area contributed by atoms with Crippen LogP contribution in [0.3, 0.4) is 0 Å². The fourth-order valence-electron chi connectivity index (χ4n) is 5.94. The second kappa shape index (κ2) is 11.1. The second-order valence-electron chi connectivity index (χ2n) is 10.4. The summed E-state index contributed by atoms with van der Waals surface area (Å²) in [5.74, 6) is -6.16. The number of fused-ring (bicyclic) bond motifs is 2. The lowest BCUT2D eigenvalue weighted by atomic mass is 9.77. The van der Waals surface area contributed by atoms with Gasteiger partial charge in [0.15, 0.2) is 27.3 Å². The van der Waals surface area contributed by atoms with Gasteiger partial charge in [-0.2, -0.15) is 0 Å². The van der Waals surface area contributed by atoms with Gasteiger partial charge in [-0.3, -0.25) is 9.78 Å². The van der Waals surface area contributed by atoms with E-state index < -0.39 is 44.0 Å². The second-order valence-corrected chi connectivity index (χ2v) is 12.9. The molecule has 2 bridgehead atoms. The molecule has 0 aliphatic heterocycles. The number of benzene rings is 2. The van der Waals surface area contributed by atoms with Crippen molar-refractivity contribution < 1.29 is 36.2 Å². The van der Waals surface area contributed by atoms with Crippen LogP contribution in [0.5, 0.6) is 0 Å². The number of nitrogens with zero attached hydrogens (tertiary/aromatic N) is 1. The third-order valence-electron chi connectivity index (χ3n) is 7.61. The Labute approximate surface area is 234 Å². The van der Waals surface area contributed by atoms with Crippen LogP contribution in [0.15, 0.2) is 59.8 Å². The maximum Gasteiger partial charge on any atom is 0.255 e. The molecule has 7 nitrogen and oxygen atoms in total. The molecular weight excluding hydrogens is 569 g/mol. The Morgan fingerprint density at radius 2 is 1.68 bits per heavy atom. The highest BCUT2D eigenvalue weighted by molar-refractivity contribution is 7.92. The molecular formula is C28H26ClF3N2O5S. The number of aromatic nitrogens is 1. The van der Waals surface area contributed by atoms with Crippen molar-refractivity contribution in [3.05, 3.63) is 88.5 Å². The number of hydrogen-bond acceptors (Lipinski definition) is 6. The van der Waals surface area contributed by atoms with Crippen LogP contribution < -0.4 is 5.32 Å². The number of aliphatic hydroxyl groups is 1. The number of rotatable bonds is 8. The predicted octanol–water partition coefficient (Wildman–Crippen LogP) is 5.31. The Balaban J connectivity index is 1.32. The Kier molecular flexibility index (Phi) is 7.93. The van der Waals surface area contributed by atoms with Gasteiger partial charge in [0.25, 0.3) is 5.91 Å². The van der Waals surface area contributed by atoms with Gasteiger partial charge in [0.05, 0.1) is 34.0 Å². The standard InChI is InChI=1S/C28H26ClF3N2O5S/c29-21-4-3-17(27(35)34-20-10-22(30)25(32)23(31)11-20)9-24(21)40(37,38)26-18-1-2-19(26)13-28(36,12-18)15-39-14-16-5-7-33-8-6-16/h3-11,18-19,26,36H,1-2,12-15H2,(H,34,35)/t18?,19?,26-,28-. The number of hydrogen-bond donors (Lipinski definition) is 2. The summed E-state index contributed by atoms with van der Waals surface area (Å²) in [6.45, 7) is 0.361. The summed E-state index contributed by atoms with van der Waals surface area (Å²) >= 11 is 6.30. The first-order valence-corrected chi connectivity index (χ1v) is 14.6. The Bertz CT molecular complexity index is 1500. The van der Waals surface area contributed by atoms with Crippen LogP contribution in [0, 0.1) is 29.3 Å². The number of amides is 1. The molecule has 0 radical (unpaired) electrons. The zero-order valence-corrected chi connectivity index (χ0v) is 22.7. The SMILES string of the molecule is O=C(Nc1cc(F)c(F)c(F)c1)c1ccc(Cl)c(S(=O)(=O)[C@H]2C3CCC2C[C@](O)(COCc2ccncc2)C3)c1. The first-order chi connectivity index (χ1) is 19.0. The fraction of sp³-hybridized carbons (Fsp3) is 0.357. The maximum atomic E-state index is 13.9. The Morgan fingerprint density at radius 3 is 2.30 bits per heavy atom. The Morgan fingerprint density at radius 1 is 1.05 bits per heavy atom. The summed E-state index contributed by atoms with van der Waals surface area (Å²) in [7, 11) is -4.03. The molecule has 1 aromatic heterocycles. The van der Waals surface area contributed by atoms with Gasteiger partial charge < -0.3 is 15.2 Å². The van der Waals surface area contributed by atoms with Crippen LogP contribution in [-0.2, 0) is 21.2 Å². The smallest absolute Gasteiger partial charge is 0.255 e. The monoisotopic (exact) mass is 594 g/mol. The van der Waals surface area contributed by atoms with Gasteiger partial charge in [0.2, 0.25) is 0 Å². The van der Waals surface area contributed by atoms with E-state index in [-0.39, 0.29) is 52.5 Å². The average Bonchev–Trinajstić information content (AvgIpc) is 3.21. The summed E-state index contributed by atoms with van der Waals surface area (Å²) in [6, 6.07) is 8.53. The van der Waals surface area contributed by atoms with E-state index in [0.29, 0.717) is 31.6 Å². The number of nitrogens with one attached hydrogen (secondary N) is 1. The van der Waals surface area contributed by atoms with Crippen molar-refractivity contribution in [2.45, 2.75) is 48.0 Å². The lowest BCUT2D eigenvalue weighted by Gasteiger charge is -2.40. The molecule has 2 unspecified atom stereocenters. The fourth-order valence-corrected chi connectivity index (χ4v) is 8.78. The molecule has 40 heavy (non-hydrogen) atoms. The van der Waals surface area contributed by atoms with Crippen molar-refractivity contribution in [3.8, 4) is 0 Å². The van der Waals surface area contributed by atoms with E-state index in [1.807, 2.05) is 12.1 Å². The lowest BCUT2D eigenvalue weighted by molar-refractivity contribution is -0.0866. The molecule has 2 aliphatic carbocycles. The minimum absolute atomic E-state index is 0.0656. The van der Waals surface area contributed by atoms with Gasteiger partial charge in [0.1, 0.15) is 0 Å². The van der Waals surface area contributed by atoms with E-state index in [4.69, 9.17) is 16.3 Å². The molecule has 2 aromatic carbocycles. The summed E-state index contributed by atoms with van der Waals surface area (Å²) in [5.41, 5.74) is -0.712. The van der Waals surface area contributed by atoms with Crippen LogP contribution in [0.25, 0.3) is 0 Å². The highest BCUT2D eigenvalue weighted by Crippen LogP contribution is 2.51. The molecule has 212 valence electrons. The number of carbonyl (C=O) groups excluding carboxylic acids is 1. The predicted molar refractivity (Wildman–Crippen MR) is 141 cm³/mol. The first kappa shape index (κ1) is 28.5. The number of sulfone groups is 1. The van der Waals surface area contributed by atoms with Crippen molar-refractivity contribution in [1.29, 1.82) is 0 Å². The van der Waals surface area contributed by atoms with Crippen molar-refractivity contribution in [3.63, 3.8) is 0 Å². The van der Waals surface area contributed by atoms with Crippen LogP contribution in [0.2, 0.25) is 5.02 Å². The number of pyridine rings is 1. The van der Waals surface area contributed by atoms with Gasteiger partial charge in [-0.05, 0) is 73.4 Å². The number of halogens is 4. The van der Waals surface area contributed by atoms with Crippen molar-refractivity contribution in [2.75, 3.05) is 11.9 Å². The van der Waals surface area contributed by atoms with E-state index in [9.17, 15) is 31.5 Å². The highest BCUT2D eigenvalue weighted by Gasteiger charge is 2.54. The molecule has 2 atom stereocenters. The van der Waals surface area contributed by atoms with Crippen molar-refractivity contribution >= 4 is 33.0 Å². The Hall–Kier alpha value is -2.99. The first-order valence-electron chi connectivity index (χ1n) is 12.7. The number of anilines is 1. The minimum atomic E-state index is -4.03. The molecule has 2 saturated carbocycles. The quantitative estimate of drug-likeness (QED) is 0.342. The maximum absolute atomic E-state index is 13.9. The molecule has 1 heterocycles. The van der Waals surface area contributed by atoms with E-state index in [2.05, 4.69) is 10.3 Å². The zero-order valence-electron chi connectivity index (χ0n) is 21.1. The molecule has 0 saturated heterocycles. The molecule has 2 fully saturated rings. The van der Waals surface area contributed by atoms with Crippen LogP contribution >= 0.6 is 11.6 Å². The van der Waals surface area contributed by atoms with E-state index in [1.165, 1.54) is 12.1 Å². The summed E-state index contributed by atoms with van der Waals surface area (Å²) in [6.07, 6.45) is 5.00. The molecule has 2 N–H and O–H groups in total. The molecule has 3 aromatic rings.